The Morgan fingerprint density at radius 2 is 1.90 bits per heavy atom. The van der Waals surface area contributed by atoms with Gasteiger partial charge in [-0.1, -0.05) is 23.7 Å². The van der Waals surface area contributed by atoms with Gasteiger partial charge < -0.3 is 4.74 Å². The number of carbonyl (C=O) groups excluding carboxylic acids is 1. The summed E-state index contributed by atoms with van der Waals surface area (Å²) in [4.78, 5) is 15.9. The fraction of sp³-hybridized carbons (Fsp3) is 0. The molecule has 2 aromatic rings. The lowest BCUT2D eigenvalue weighted by molar-refractivity contribution is -0.129. The van der Waals surface area contributed by atoms with Crippen LogP contribution >= 0.6 is 11.6 Å². The summed E-state index contributed by atoms with van der Waals surface area (Å²) < 4.78 is 18.2. The molecule has 0 saturated heterocycles. The van der Waals surface area contributed by atoms with Crippen molar-refractivity contribution in [1.29, 1.82) is 0 Å². The Kier molecular flexibility index (Phi) is 3.54. The van der Waals surface area contributed by atoms with Gasteiger partial charge in [-0.25, -0.2) is 14.2 Å². The molecule has 0 aromatic heterocycles. The van der Waals surface area contributed by atoms with Crippen LogP contribution in [-0.2, 0) is 9.53 Å². The van der Waals surface area contributed by atoms with E-state index in [0.29, 0.717) is 16.1 Å². The van der Waals surface area contributed by atoms with E-state index in [4.69, 9.17) is 16.3 Å². The van der Waals surface area contributed by atoms with Crippen LogP contribution in [0.1, 0.15) is 11.1 Å². The largest absolute Gasteiger partial charge is 0.402 e. The van der Waals surface area contributed by atoms with Gasteiger partial charge >= 0.3 is 5.97 Å². The number of aliphatic imine (C=N–C) groups is 1. The molecule has 2 aromatic carbocycles. The van der Waals surface area contributed by atoms with Crippen LogP contribution in [0.25, 0.3) is 6.08 Å². The molecule has 104 valence electrons. The van der Waals surface area contributed by atoms with E-state index in [-0.39, 0.29) is 17.4 Å². The molecule has 0 aliphatic carbocycles. The summed E-state index contributed by atoms with van der Waals surface area (Å²) in [6, 6.07) is 12.7. The van der Waals surface area contributed by atoms with Crippen molar-refractivity contribution in [1.82, 2.24) is 0 Å². The number of hydrogen-bond acceptors (Lipinski definition) is 3. The summed E-state index contributed by atoms with van der Waals surface area (Å²) in [5.74, 6) is -0.735. The van der Waals surface area contributed by atoms with Crippen LogP contribution in [0.2, 0.25) is 5.02 Å². The third-order valence-corrected chi connectivity index (χ3v) is 3.12. The number of hydrogen-bond donors (Lipinski definition) is 0. The second kappa shape index (κ2) is 5.50. The van der Waals surface area contributed by atoms with Crippen LogP contribution in [0.3, 0.4) is 0 Å². The second-order valence-corrected chi connectivity index (χ2v) is 4.83. The quantitative estimate of drug-likeness (QED) is 0.625. The summed E-state index contributed by atoms with van der Waals surface area (Å²) in [5.41, 5.74) is 1.32. The van der Waals surface area contributed by atoms with Crippen LogP contribution in [0, 0.1) is 5.82 Å². The Balaban J connectivity index is 1.93. The molecule has 0 unspecified atom stereocenters. The number of carbonyl (C=O) groups is 1. The lowest BCUT2D eigenvalue weighted by atomic mass is 10.2. The van der Waals surface area contributed by atoms with Gasteiger partial charge in [-0.05, 0) is 48.0 Å². The number of halogens is 2. The fourth-order valence-electron chi connectivity index (χ4n) is 1.88. The molecule has 0 amide bonds. The number of nitrogens with zero attached hydrogens (tertiary/aromatic N) is 1. The topological polar surface area (TPSA) is 38.7 Å². The van der Waals surface area contributed by atoms with Gasteiger partial charge in [0.05, 0.1) is 0 Å². The van der Waals surface area contributed by atoms with Gasteiger partial charge in [0.15, 0.2) is 5.70 Å². The molecule has 1 heterocycles. The van der Waals surface area contributed by atoms with Crippen molar-refractivity contribution in [2.24, 2.45) is 4.99 Å². The molecule has 5 heteroatoms. The molecule has 3 rings (SSSR count). The van der Waals surface area contributed by atoms with Crippen molar-refractivity contribution in [3.63, 3.8) is 0 Å². The number of benzene rings is 2. The lowest BCUT2D eigenvalue weighted by Gasteiger charge is -1.98. The highest BCUT2D eigenvalue weighted by molar-refractivity contribution is 6.30. The molecule has 0 saturated carbocycles. The molecule has 0 atom stereocenters. The summed E-state index contributed by atoms with van der Waals surface area (Å²) in [7, 11) is 0. The highest BCUT2D eigenvalue weighted by atomic mass is 35.5. The third-order valence-electron chi connectivity index (χ3n) is 2.86. The van der Waals surface area contributed by atoms with E-state index in [0.717, 1.165) is 0 Å². The standard InChI is InChI=1S/C16H9ClFNO2/c17-12-6-4-11(5-7-12)15-19-14(16(20)21-15)9-10-2-1-3-13(18)8-10/h1-9H/b14-9-. The molecule has 3 nitrogen and oxygen atoms in total. The van der Waals surface area contributed by atoms with Gasteiger partial charge in [0.2, 0.25) is 5.90 Å². The Hall–Kier alpha value is -2.46. The minimum atomic E-state index is -0.566. The molecule has 0 bridgehead atoms. The van der Waals surface area contributed by atoms with Crippen LogP contribution in [0.4, 0.5) is 4.39 Å². The van der Waals surface area contributed by atoms with Crippen molar-refractivity contribution < 1.29 is 13.9 Å². The zero-order valence-electron chi connectivity index (χ0n) is 10.7. The average molecular weight is 302 g/mol. The minimum absolute atomic E-state index is 0.130. The van der Waals surface area contributed by atoms with E-state index in [1.807, 2.05) is 0 Å². The zero-order valence-corrected chi connectivity index (χ0v) is 11.5. The third kappa shape index (κ3) is 3.01. The van der Waals surface area contributed by atoms with Crippen molar-refractivity contribution in [3.05, 3.63) is 76.2 Å². The SMILES string of the molecule is O=C1OC(c2ccc(Cl)cc2)=N/C1=C\c1cccc(F)c1. The molecule has 0 radical (unpaired) electrons. The Labute approximate surface area is 125 Å². The van der Waals surface area contributed by atoms with E-state index in [1.165, 1.54) is 18.2 Å². The maximum absolute atomic E-state index is 13.1. The predicted molar refractivity (Wildman–Crippen MR) is 78.5 cm³/mol. The summed E-state index contributed by atoms with van der Waals surface area (Å²) in [6.07, 6.45) is 1.48. The lowest BCUT2D eigenvalue weighted by Crippen LogP contribution is -2.05. The highest BCUT2D eigenvalue weighted by Crippen LogP contribution is 2.20. The first kappa shape index (κ1) is 13.5. The van der Waals surface area contributed by atoms with Crippen molar-refractivity contribution in [2.45, 2.75) is 0 Å². The molecule has 1 aliphatic heterocycles. The van der Waals surface area contributed by atoms with E-state index >= 15 is 0 Å². The molecule has 0 N–H and O–H groups in total. The van der Waals surface area contributed by atoms with Crippen LogP contribution in [-0.4, -0.2) is 11.9 Å². The maximum atomic E-state index is 13.1. The average Bonchev–Trinajstić information content (AvgIpc) is 2.81. The van der Waals surface area contributed by atoms with Crippen molar-refractivity contribution in [3.8, 4) is 0 Å². The molecular formula is C16H9ClFNO2. The number of ether oxygens (including phenoxy) is 1. The summed E-state index contributed by atoms with van der Waals surface area (Å²) in [5, 5.41) is 0.583. The van der Waals surface area contributed by atoms with Crippen LogP contribution in [0.5, 0.6) is 0 Å². The number of rotatable bonds is 2. The van der Waals surface area contributed by atoms with Crippen molar-refractivity contribution in [2.75, 3.05) is 0 Å². The van der Waals surface area contributed by atoms with Crippen LogP contribution < -0.4 is 0 Å². The monoisotopic (exact) mass is 301 g/mol. The van der Waals surface area contributed by atoms with Gasteiger partial charge in [-0.2, -0.15) is 0 Å². The summed E-state index contributed by atoms with van der Waals surface area (Å²) in [6.45, 7) is 0. The fourth-order valence-corrected chi connectivity index (χ4v) is 2.01. The van der Waals surface area contributed by atoms with Gasteiger partial charge in [-0.3, -0.25) is 0 Å². The Bertz CT molecular complexity index is 766. The maximum Gasteiger partial charge on any atom is 0.363 e. The van der Waals surface area contributed by atoms with Gasteiger partial charge in [0.25, 0.3) is 0 Å². The van der Waals surface area contributed by atoms with Crippen molar-refractivity contribution >= 4 is 29.5 Å². The molecule has 1 aliphatic rings. The first-order chi connectivity index (χ1) is 10.1. The summed E-state index contributed by atoms with van der Waals surface area (Å²) >= 11 is 5.80. The van der Waals surface area contributed by atoms with Crippen LogP contribution in [0.15, 0.2) is 59.2 Å². The van der Waals surface area contributed by atoms with Gasteiger partial charge in [-0.15, -0.1) is 0 Å². The normalized spacial score (nSPS) is 16.0. The Morgan fingerprint density at radius 3 is 2.62 bits per heavy atom. The van der Waals surface area contributed by atoms with Gasteiger partial charge in [0.1, 0.15) is 5.82 Å². The minimum Gasteiger partial charge on any atom is -0.402 e. The zero-order chi connectivity index (χ0) is 14.8. The van der Waals surface area contributed by atoms with E-state index in [9.17, 15) is 9.18 Å². The number of cyclic esters (lactones) is 1. The van der Waals surface area contributed by atoms with Gasteiger partial charge in [0, 0.05) is 10.6 Å². The second-order valence-electron chi connectivity index (χ2n) is 4.40. The predicted octanol–water partition coefficient (Wildman–Crippen LogP) is 3.82. The first-order valence-electron chi connectivity index (χ1n) is 6.16. The van der Waals surface area contributed by atoms with E-state index < -0.39 is 5.97 Å². The molecule has 0 fully saturated rings. The highest BCUT2D eigenvalue weighted by Gasteiger charge is 2.24. The molecule has 0 spiro atoms. The van der Waals surface area contributed by atoms with E-state index in [2.05, 4.69) is 4.99 Å². The number of esters is 1. The first-order valence-corrected chi connectivity index (χ1v) is 6.54. The molecule has 21 heavy (non-hydrogen) atoms. The van der Waals surface area contributed by atoms with E-state index in [1.54, 1.807) is 36.4 Å². The smallest absolute Gasteiger partial charge is 0.363 e. The Morgan fingerprint density at radius 1 is 1.14 bits per heavy atom. The molecular weight excluding hydrogens is 293 g/mol.